The molecule has 0 aromatic heterocycles. The van der Waals surface area contributed by atoms with E-state index in [-0.39, 0.29) is 5.56 Å². The third kappa shape index (κ3) is 2.98. The van der Waals surface area contributed by atoms with Crippen LogP contribution in [0, 0.1) is 0 Å². The van der Waals surface area contributed by atoms with Crippen molar-refractivity contribution in [3.63, 3.8) is 0 Å². The van der Waals surface area contributed by atoms with Crippen LogP contribution in [0.2, 0.25) is 0 Å². The zero-order valence-electron chi connectivity index (χ0n) is 11.5. The number of nitrogen functional groups attached to an aromatic ring is 1. The van der Waals surface area contributed by atoms with Crippen LogP contribution in [0.5, 0.6) is 0 Å². The van der Waals surface area contributed by atoms with Gasteiger partial charge in [0.2, 0.25) is 0 Å². The van der Waals surface area contributed by atoms with Crippen LogP contribution in [0.25, 0.3) is 0 Å². The molecular weight excluding hydrogens is 242 g/mol. The molecule has 1 aliphatic rings. The monoisotopic (exact) mass is 263 g/mol. The van der Waals surface area contributed by atoms with Crippen molar-refractivity contribution in [3.8, 4) is 0 Å². The van der Waals surface area contributed by atoms with Gasteiger partial charge >= 0.3 is 5.97 Å². The molecule has 1 saturated heterocycles. The maximum Gasteiger partial charge on any atom is 0.335 e. The van der Waals surface area contributed by atoms with Gasteiger partial charge in [-0.3, -0.25) is 0 Å². The van der Waals surface area contributed by atoms with Crippen molar-refractivity contribution in [2.24, 2.45) is 0 Å². The van der Waals surface area contributed by atoms with E-state index < -0.39 is 5.97 Å². The molecule has 0 spiro atoms. The summed E-state index contributed by atoms with van der Waals surface area (Å²) in [5.41, 5.74) is 7.69. The summed E-state index contributed by atoms with van der Waals surface area (Å²) >= 11 is 0. The first kappa shape index (κ1) is 13.7. The van der Waals surface area contributed by atoms with E-state index in [0.717, 1.165) is 31.6 Å². The fourth-order valence-electron chi connectivity index (χ4n) is 2.63. The van der Waals surface area contributed by atoms with Crippen LogP contribution in [-0.4, -0.2) is 49.2 Å². The van der Waals surface area contributed by atoms with E-state index in [9.17, 15) is 4.79 Å². The average molecular weight is 263 g/mol. The van der Waals surface area contributed by atoms with E-state index in [2.05, 4.69) is 16.8 Å². The number of nitrogens with two attached hydrogens (primary N) is 1. The van der Waals surface area contributed by atoms with Crippen molar-refractivity contribution >= 4 is 17.3 Å². The lowest BCUT2D eigenvalue weighted by molar-refractivity contribution is 0.0697. The average Bonchev–Trinajstić information content (AvgIpc) is 2.38. The fourth-order valence-corrected chi connectivity index (χ4v) is 2.63. The van der Waals surface area contributed by atoms with Crippen molar-refractivity contribution < 1.29 is 9.90 Å². The number of anilines is 2. The SMILES string of the molecule is CN1CCCC(N(C)c2cc(C(=O)O)ccc2N)C1. The molecule has 0 bridgehead atoms. The van der Waals surface area contributed by atoms with Crippen molar-refractivity contribution in [1.82, 2.24) is 4.90 Å². The number of hydrogen-bond donors (Lipinski definition) is 2. The minimum atomic E-state index is -0.921. The maximum absolute atomic E-state index is 11.0. The van der Waals surface area contributed by atoms with Gasteiger partial charge in [-0.25, -0.2) is 4.79 Å². The number of carbonyl (C=O) groups is 1. The topological polar surface area (TPSA) is 69.8 Å². The highest BCUT2D eigenvalue weighted by Crippen LogP contribution is 2.27. The highest BCUT2D eigenvalue weighted by Gasteiger charge is 2.23. The molecule has 1 fully saturated rings. The molecule has 1 aliphatic heterocycles. The van der Waals surface area contributed by atoms with Crippen molar-refractivity contribution in [2.45, 2.75) is 18.9 Å². The molecular formula is C14H21N3O2. The summed E-state index contributed by atoms with van der Waals surface area (Å²) in [5.74, 6) is -0.921. The minimum Gasteiger partial charge on any atom is -0.478 e. The van der Waals surface area contributed by atoms with Crippen LogP contribution in [0.4, 0.5) is 11.4 Å². The van der Waals surface area contributed by atoms with E-state index in [1.807, 2.05) is 7.05 Å². The molecule has 1 heterocycles. The molecule has 2 rings (SSSR count). The van der Waals surface area contributed by atoms with Gasteiger partial charge in [0, 0.05) is 19.6 Å². The van der Waals surface area contributed by atoms with E-state index in [1.165, 1.54) is 0 Å². The summed E-state index contributed by atoms with van der Waals surface area (Å²) in [7, 11) is 4.10. The molecule has 0 amide bonds. The number of benzene rings is 1. The van der Waals surface area contributed by atoms with Crippen molar-refractivity contribution in [2.75, 3.05) is 37.8 Å². The number of nitrogens with zero attached hydrogens (tertiary/aromatic N) is 2. The van der Waals surface area contributed by atoms with Gasteiger partial charge in [-0.05, 0) is 44.6 Å². The second kappa shape index (κ2) is 5.48. The van der Waals surface area contributed by atoms with E-state index in [4.69, 9.17) is 10.8 Å². The zero-order valence-corrected chi connectivity index (χ0v) is 11.5. The minimum absolute atomic E-state index is 0.278. The Morgan fingerprint density at radius 2 is 2.26 bits per heavy atom. The summed E-state index contributed by atoms with van der Waals surface area (Å²) in [5, 5.41) is 9.07. The number of carboxylic acid groups (broad SMARTS) is 1. The standard InChI is InChI=1S/C14H21N3O2/c1-16-7-3-4-11(9-16)17(2)13-8-10(14(18)19)5-6-12(13)15/h5-6,8,11H,3-4,7,9,15H2,1-2H3,(H,18,19). The first-order chi connectivity index (χ1) is 8.99. The molecule has 5 nitrogen and oxygen atoms in total. The van der Waals surface area contributed by atoms with Gasteiger partial charge in [-0.15, -0.1) is 0 Å². The highest BCUT2D eigenvalue weighted by molar-refractivity contribution is 5.90. The highest BCUT2D eigenvalue weighted by atomic mass is 16.4. The van der Waals surface area contributed by atoms with Gasteiger partial charge in [-0.1, -0.05) is 0 Å². The largest absolute Gasteiger partial charge is 0.478 e. The summed E-state index contributed by atoms with van der Waals surface area (Å²) < 4.78 is 0. The lowest BCUT2D eigenvalue weighted by atomic mass is 10.0. The number of hydrogen-bond acceptors (Lipinski definition) is 4. The van der Waals surface area contributed by atoms with Gasteiger partial charge in [0.25, 0.3) is 0 Å². The number of rotatable bonds is 3. The number of likely N-dealkylation sites (N-methyl/N-ethyl adjacent to an activating group) is 2. The molecule has 0 radical (unpaired) electrons. The maximum atomic E-state index is 11.0. The normalized spacial score (nSPS) is 20.2. The number of likely N-dealkylation sites (tertiary alicyclic amines) is 1. The smallest absolute Gasteiger partial charge is 0.335 e. The first-order valence-electron chi connectivity index (χ1n) is 6.53. The van der Waals surface area contributed by atoms with Crippen molar-refractivity contribution in [1.29, 1.82) is 0 Å². The predicted molar refractivity (Wildman–Crippen MR) is 76.7 cm³/mol. The Bertz CT molecular complexity index is 476. The van der Waals surface area contributed by atoms with Crippen LogP contribution < -0.4 is 10.6 Å². The van der Waals surface area contributed by atoms with Crippen LogP contribution in [-0.2, 0) is 0 Å². The Balaban J connectivity index is 2.24. The van der Waals surface area contributed by atoms with Gasteiger partial charge in [-0.2, -0.15) is 0 Å². The van der Waals surface area contributed by atoms with Crippen molar-refractivity contribution in [3.05, 3.63) is 23.8 Å². The zero-order chi connectivity index (χ0) is 14.0. The Labute approximate surface area is 113 Å². The molecule has 1 unspecified atom stereocenters. The van der Waals surface area contributed by atoms with E-state index in [0.29, 0.717) is 11.7 Å². The summed E-state index contributed by atoms with van der Waals surface area (Å²) in [6.07, 6.45) is 2.27. The van der Waals surface area contributed by atoms with Gasteiger partial charge < -0.3 is 20.6 Å². The molecule has 1 aromatic carbocycles. The molecule has 0 saturated carbocycles. The second-order valence-electron chi connectivity index (χ2n) is 5.25. The molecule has 1 atom stereocenters. The van der Waals surface area contributed by atoms with Gasteiger partial charge in [0.05, 0.1) is 16.9 Å². The van der Waals surface area contributed by atoms with E-state index in [1.54, 1.807) is 18.2 Å². The van der Waals surface area contributed by atoms with Crippen LogP contribution >= 0.6 is 0 Å². The Hall–Kier alpha value is -1.75. The first-order valence-corrected chi connectivity index (χ1v) is 6.53. The molecule has 1 aromatic rings. The van der Waals surface area contributed by atoms with Crippen LogP contribution in [0.1, 0.15) is 23.2 Å². The molecule has 3 N–H and O–H groups in total. The number of carboxylic acids is 1. The third-order valence-corrected chi connectivity index (χ3v) is 3.80. The summed E-state index contributed by atoms with van der Waals surface area (Å²) in [6, 6.07) is 5.25. The predicted octanol–water partition coefficient (Wildman–Crippen LogP) is 1.50. The molecule has 5 heteroatoms. The van der Waals surface area contributed by atoms with Gasteiger partial charge in [0.15, 0.2) is 0 Å². The quantitative estimate of drug-likeness (QED) is 0.809. The molecule has 104 valence electrons. The third-order valence-electron chi connectivity index (χ3n) is 3.80. The Morgan fingerprint density at radius 1 is 1.53 bits per heavy atom. The Kier molecular flexibility index (Phi) is 3.95. The second-order valence-corrected chi connectivity index (χ2v) is 5.25. The Morgan fingerprint density at radius 3 is 2.89 bits per heavy atom. The molecule has 19 heavy (non-hydrogen) atoms. The lowest BCUT2D eigenvalue weighted by Crippen LogP contribution is -2.45. The lowest BCUT2D eigenvalue weighted by Gasteiger charge is -2.37. The molecule has 0 aliphatic carbocycles. The van der Waals surface area contributed by atoms with Gasteiger partial charge in [0.1, 0.15) is 0 Å². The van der Waals surface area contributed by atoms with Crippen LogP contribution in [0.15, 0.2) is 18.2 Å². The fraction of sp³-hybridized carbons (Fsp3) is 0.500. The number of aromatic carboxylic acids is 1. The summed E-state index contributed by atoms with van der Waals surface area (Å²) in [6.45, 7) is 2.10. The number of piperidine rings is 1. The van der Waals surface area contributed by atoms with Crippen LogP contribution in [0.3, 0.4) is 0 Å². The summed E-state index contributed by atoms with van der Waals surface area (Å²) in [4.78, 5) is 15.4. The van der Waals surface area contributed by atoms with E-state index >= 15 is 0 Å².